The molecule has 0 spiro atoms. The average molecular weight is 146 g/mol. The lowest BCUT2D eigenvalue weighted by molar-refractivity contribution is 0.0949. The molecule has 2 fully saturated rings. The molecule has 0 aliphatic carbocycles. The number of hydrogen-bond acceptors (Lipinski definition) is 1. The summed E-state index contributed by atoms with van der Waals surface area (Å²) in [7, 11) is 0. The Kier molecular flexibility index (Phi) is 2.07. The topological polar surface area (TPSA) is 9.23 Å². The van der Waals surface area contributed by atoms with Crippen molar-refractivity contribution in [1.29, 1.82) is 0 Å². The molecule has 2 aliphatic rings. The molecule has 9 heavy (non-hydrogen) atoms. The Hall–Kier alpha value is 0.310. The van der Waals surface area contributed by atoms with E-state index in [-0.39, 0.29) is 13.5 Å². The van der Waals surface area contributed by atoms with E-state index in [1.165, 1.54) is 19.3 Å². The second-order valence-electron chi connectivity index (χ2n) is 3.09. The van der Waals surface area contributed by atoms with Gasteiger partial charge < -0.3 is 4.74 Å². The highest BCUT2D eigenvalue weighted by molar-refractivity contribution is 7.59. The first-order chi connectivity index (χ1) is 3.86. The Morgan fingerprint density at radius 3 is 2.33 bits per heavy atom. The highest BCUT2D eigenvalue weighted by Gasteiger charge is 2.37. The average Bonchev–Trinajstić information content (AvgIpc) is 2.23. The van der Waals surface area contributed by atoms with Crippen LogP contribution in [0.25, 0.3) is 0 Å². The maximum Gasteiger partial charge on any atom is 0.0606 e. The monoisotopic (exact) mass is 146 g/mol. The van der Waals surface area contributed by atoms with Gasteiger partial charge in [-0.1, -0.05) is 6.92 Å². The fourth-order valence-electron chi connectivity index (χ4n) is 1.89. The number of rotatable bonds is 0. The minimum absolute atomic E-state index is 0. The van der Waals surface area contributed by atoms with Gasteiger partial charge in [0.2, 0.25) is 0 Å². The fourth-order valence-corrected chi connectivity index (χ4v) is 1.89. The maximum atomic E-state index is 5.58. The van der Waals surface area contributed by atoms with Crippen molar-refractivity contribution in [2.75, 3.05) is 0 Å². The van der Waals surface area contributed by atoms with Crippen LogP contribution in [0.4, 0.5) is 0 Å². The summed E-state index contributed by atoms with van der Waals surface area (Å²) in [5.41, 5.74) is 0. The van der Waals surface area contributed by atoms with E-state index in [0.29, 0.717) is 12.2 Å². The van der Waals surface area contributed by atoms with E-state index in [0.717, 1.165) is 5.92 Å². The first-order valence-corrected chi connectivity index (χ1v) is 3.52. The molecule has 54 valence electrons. The number of ether oxygens (including phenoxy) is 1. The van der Waals surface area contributed by atoms with Crippen LogP contribution in [-0.2, 0) is 4.74 Å². The predicted octanol–water partition coefficient (Wildman–Crippen LogP) is 1.69. The minimum atomic E-state index is 0. The van der Waals surface area contributed by atoms with Crippen molar-refractivity contribution in [3.8, 4) is 0 Å². The lowest BCUT2D eigenvalue weighted by atomic mass is 9.91. The summed E-state index contributed by atoms with van der Waals surface area (Å²) in [6.07, 6.45) is 5.26. The first-order valence-electron chi connectivity index (χ1n) is 3.52. The predicted molar refractivity (Wildman–Crippen MR) is 42.1 cm³/mol. The molecule has 2 saturated heterocycles. The summed E-state index contributed by atoms with van der Waals surface area (Å²) in [4.78, 5) is 0. The third-order valence-electron chi connectivity index (χ3n) is 2.41. The van der Waals surface area contributed by atoms with Gasteiger partial charge in [0.1, 0.15) is 0 Å². The van der Waals surface area contributed by atoms with Crippen LogP contribution < -0.4 is 0 Å². The van der Waals surface area contributed by atoms with E-state index in [1.54, 1.807) is 0 Å². The second-order valence-corrected chi connectivity index (χ2v) is 3.09. The Morgan fingerprint density at radius 2 is 2.11 bits per heavy atom. The third kappa shape index (κ3) is 1.10. The van der Waals surface area contributed by atoms with Crippen LogP contribution >= 0.6 is 13.5 Å². The smallest absolute Gasteiger partial charge is 0.0606 e. The van der Waals surface area contributed by atoms with Gasteiger partial charge in [0.15, 0.2) is 0 Å². The zero-order valence-corrected chi connectivity index (χ0v) is 6.76. The normalized spacial score (nSPS) is 47.0. The highest BCUT2D eigenvalue weighted by Crippen LogP contribution is 2.37. The quantitative estimate of drug-likeness (QED) is 0.505. The van der Waals surface area contributed by atoms with Crippen LogP contribution in [-0.4, -0.2) is 12.2 Å². The second kappa shape index (κ2) is 2.51. The van der Waals surface area contributed by atoms with Crippen molar-refractivity contribution in [2.24, 2.45) is 5.92 Å². The molecule has 0 saturated carbocycles. The highest BCUT2D eigenvalue weighted by atomic mass is 32.1. The molecule has 2 rings (SSSR count). The van der Waals surface area contributed by atoms with Gasteiger partial charge in [-0.25, -0.2) is 0 Å². The lowest BCUT2D eigenvalue weighted by Gasteiger charge is -2.11. The van der Waals surface area contributed by atoms with Crippen molar-refractivity contribution in [3.05, 3.63) is 0 Å². The molecule has 2 heteroatoms. The Morgan fingerprint density at radius 1 is 1.33 bits per heavy atom. The Bertz CT molecular complexity index is 103. The molecule has 2 heterocycles. The molecule has 0 aromatic rings. The fraction of sp³-hybridized carbons (Fsp3) is 1.00. The maximum absolute atomic E-state index is 5.58. The van der Waals surface area contributed by atoms with Crippen molar-refractivity contribution >= 4 is 13.5 Å². The molecule has 2 bridgehead atoms. The third-order valence-corrected chi connectivity index (χ3v) is 2.41. The summed E-state index contributed by atoms with van der Waals surface area (Å²) in [6, 6.07) is 0. The van der Waals surface area contributed by atoms with Gasteiger partial charge in [0.05, 0.1) is 12.2 Å². The van der Waals surface area contributed by atoms with Crippen LogP contribution in [0.15, 0.2) is 0 Å². The van der Waals surface area contributed by atoms with Crippen LogP contribution in [0.2, 0.25) is 0 Å². The van der Waals surface area contributed by atoms with Crippen molar-refractivity contribution in [3.63, 3.8) is 0 Å². The molecular formula is C7H14OS. The van der Waals surface area contributed by atoms with Gasteiger partial charge in [-0.2, -0.15) is 13.5 Å². The first kappa shape index (κ1) is 7.42. The van der Waals surface area contributed by atoms with Crippen LogP contribution in [0, 0.1) is 5.92 Å². The Balaban J connectivity index is 0.000000405. The molecule has 2 unspecified atom stereocenters. The number of hydrogen-bond donors (Lipinski definition) is 0. The van der Waals surface area contributed by atoms with E-state index < -0.39 is 0 Å². The van der Waals surface area contributed by atoms with Gasteiger partial charge in [0, 0.05) is 0 Å². The number of fused-ring (bicyclic) bond motifs is 2. The summed E-state index contributed by atoms with van der Waals surface area (Å²) in [6.45, 7) is 2.30. The van der Waals surface area contributed by atoms with Gasteiger partial charge in [0.25, 0.3) is 0 Å². The molecule has 0 aromatic carbocycles. The van der Waals surface area contributed by atoms with Crippen LogP contribution in [0.3, 0.4) is 0 Å². The molecule has 2 aliphatic heterocycles. The van der Waals surface area contributed by atoms with Crippen molar-refractivity contribution in [2.45, 2.75) is 38.4 Å². The Labute approximate surface area is 63.2 Å². The van der Waals surface area contributed by atoms with E-state index >= 15 is 0 Å². The molecule has 0 N–H and O–H groups in total. The molecule has 0 radical (unpaired) electrons. The molecule has 3 atom stereocenters. The zero-order chi connectivity index (χ0) is 5.56. The van der Waals surface area contributed by atoms with Gasteiger partial charge in [-0.15, -0.1) is 0 Å². The van der Waals surface area contributed by atoms with Crippen LogP contribution in [0.5, 0.6) is 0 Å². The molecule has 0 amide bonds. The van der Waals surface area contributed by atoms with E-state index in [2.05, 4.69) is 6.92 Å². The van der Waals surface area contributed by atoms with E-state index in [9.17, 15) is 0 Å². The molecule has 0 aromatic heterocycles. The zero-order valence-electron chi connectivity index (χ0n) is 5.76. The van der Waals surface area contributed by atoms with Crippen molar-refractivity contribution < 1.29 is 4.74 Å². The summed E-state index contributed by atoms with van der Waals surface area (Å²) in [5, 5.41) is 0. The molecular weight excluding hydrogens is 132 g/mol. The summed E-state index contributed by atoms with van der Waals surface area (Å²) < 4.78 is 5.58. The van der Waals surface area contributed by atoms with Gasteiger partial charge in [-0.3, -0.25) is 0 Å². The minimum Gasteiger partial charge on any atom is -0.375 e. The SMILES string of the molecule is C[C@H]1CC2CCC1O2.S. The molecule has 1 nitrogen and oxygen atoms in total. The summed E-state index contributed by atoms with van der Waals surface area (Å²) in [5.74, 6) is 0.855. The largest absolute Gasteiger partial charge is 0.375 e. The lowest BCUT2D eigenvalue weighted by Crippen LogP contribution is -2.11. The van der Waals surface area contributed by atoms with Crippen LogP contribution in [0.1, 0.15) is 26.2 Å². The van der Waals surface area contributed by atoms with E-state index in [4.69, 9.17) is 4.74 Å². The standard InChI is InChI=1S/C7H12O.H2S/c1-5-4-6-2-3-7(5)8-6;/h5-7H,2-4H2,1H3;1H2/t5-,6?,7?;/m0./s1. The van der Waals surface area contributed by atoms with E-state index in [1.807, 2.05) is 0 Å². The summed E-state index contributed by atoms with van der Waals surface area (Å²) >= 11 is 0. The van der Waals surface area contributed by atoms with Crippen molar-refractivity contribution in [1.82, 2.24) is 0 Å². The van der Waals surface area contributed by atoms with Gasteiger partial charge >= 0.3 is 0 Å². The van der Waals surface area contributed by atoms with Gasteiger partial charge in [-0.05, 0) is 25.2 Å².